The van der Waals surface area contributed by atoms with Crippen molar-refractivity contribution in [2.45, 2.75) is 32.4 Å². The number of nitrogens with one attached hydrogen (secondary N) is 1. The third-order valence-electron chi connectivity index (χ3n) is 3.77. The van der Waals surface area contributed by atoms with Gasteiger partial charge in [0.05, 0.1) is 12.0 Å². The van der Waals surface area contributed by atoms with Gasteiger partial charge in [0.2, 0.25) is 0 Å². The van der Waals surface area contributed by atoms with E-state index in [9.17, 15) is 0 Å². The molecule has 0 radical (unpaired) electrons. The third-order valence-corrected chi connectivity index (χ3v) is 3.77. The summed E-state index contributed by atoms with van der Waals surface area (Å²) in [5, 5.41) is 12.3. The second kappa shape index (κ2) is 7.28. The summed E-state index contributed by atoms with van der Waals surface area (Å²) in [6.07, 6.45) is 2.37. The average Bonchev–Trinajstić information content (AvgIpc) is 2.47. The van der Waals surface area contributed by atoms with Crippen molar-refractivity contribution in [3.63, 3.8) is 0 Å². The van der Waals surface area contributed by atoms with Gasteiger partial charge in [0, 0.05) is 19.1 Å². The number of hydrogen-bond acceptors (Lipinski definition) is 3. The summed E-state index contributed by atoms with van der Waals surface area (Å²) in [5.41, 5.74) is 1.40. The molecule has 0 aromatic heterocycles. The summed E-state index contributed by atoms with van der Waals surface area (Å²) >= 11 is 0. The molecule has 0 amide bonds. The van der Waals surface area contributed by atoms with Crippen molar-refractivity contribution in [3.8, 4) is 6.07 Å². The number of hydrogen-bond donors (Lipinski definition) is 1. The van der Waals surface area contributed by atoms with Gasteiger partial charge in [0.25, 0.3) is 0 Å². The molecule has 1 fully saturated rings. The largest absolute Gasteiger partial charge is 0.313 e. The summed E-state index contributed by atoms with van der Waals surface area (Å²) in [5.74, 6) is 0.113. The molecule has 3 nitrogen and oxygen atoms in total. The molecule has 19 heavy (non-hydrogen) atoms. The average molecular weight is 257 g/mol. The first-order valence-electron chi connectivity index (χ1n) is 7.17. The van der Waals surface area contributed by atoms with E-state index in [1.165, 1.54) is 18.4 Å². The topological polar surface area (TPSA) is 39.1 Å². The number of rotatable bonds is 5. The van der Waals surface area contributed by atoms with Crippen LogP contribution in [0.5, 0.6) is 0 Å². The van der Waals surface area contributed by atoms with Crippen molar-refractivity contribution in [1.82, 2.24) is 10.2 Å². The molecule has 0 saturated carbocycles. The Hall–Kier alpha value is -1.37. The first-order chi connectivity index (χ1) is 9.28. The zero-order valence-electron chi connectivity index (χ0n) is 11.7. The Morgan fingerprint density at radius 2 is 2.00 bits per heavy atom. The second-order valence-electron chi connectivity index (χ2n) is 5.47. The molecule has 1 aromatic carbocycles. The van der Waals surface area contributed by atoms with Crippen molar-refractivity contribution in [2.75, 3.05) is 19.6 Å². The number of benzene rings is 1. The Labute approximate surface area is 116 Å². The van der Waals surface area contributed by atoms with Gasteiger partial charge in [-0.25, -0.2) is 0 Å². The molecule has 1 aromatic rings. The molecule has 3 heteroatoms. The molecule has 102 valence electrons. The Balaban J connectivity index is 1.69. The first-order valence-corrected chi connectivity index (χ1v) is 7.17. The smallest absolute Gasteiger partial charge is 0.0666 e. The van der Waals surface area contributed by atoms with E-state index in [0.717, 1.165) is 26.2 Å². The maximum absolute atomic E-state index is 8.77. The highest BCUT2D eigenvalue weighted by Gasteiger charge is 2.19. The molecular formula is C16H23N3. The van der Waals surface area contributed by atoms with Crippen molar-refractivity contribution < 1.29 is 0 Å². The Morgan fingerprint density at radius 3 is 2.63 bits per heavy atom. The van der Waals surface area contributed by atoms with Gasteiger partial charge < -0.3 is 5.32 Å². The maximum atomic E-state index is 8.77. The molecule has 1 saturated heterocycles. The van der Waals surface area contributed by atoms with Crippen molar-refractivity contribution in [3.05, 3.63) is 35.9 Å². The zero-order valence-corrected chi connectivity index (χ0v) is 11.7. The lowest BCUT2D eigenvalue weighted by Crippen LogP contribution is -2.43. The van der Waals surface area contributed by atoms with Crippen LogP contribution < -0.4 is 5.32 Å². The van der Waals surface area contributed by atoms with Crippen LogP contribution in [-0.4, -0.2) is 30.6 Å². The van der Waals surface area contributed by atoms with Gasteiger partial charge in [-0.15, -0.1) is 0 Å². The minimum Gasteiger partial charge on any atom is -0.313 e. The van der Waals surface area contributed by atoms with Gasteiger partial charge in [-0.3, -0.25) is 4.90 Å². The molecule has 1 aliphatic rings. The minimum absolute atomic E-state index is 0.113. The lowest BCUT2D eigenvalue weighted by atomic mass is 10.0. The zero-order chi connectivity index (χ0) is 13.5. The van der Waals surface area contributed by atoms with Crippen LogP contribution in [0.4, 0.5) is 0 Å². The van der Waals surface area contributed by atoms with Crippen LogP contribution >= 0.6 is 0 Å². The van der Waals surface area contributed by atoms with E-state index in [1.807, 2.05) is 6.92 Å². The maximum Gasteiger partial charge on any atom is 0.0666 e. The fourth-order valence-corrected chi connectivity index (χ4v) is 2.53. The van der Waals surface area contributed by atoms with Gasteiger partial charge in [0.15, 0.2) is 0 Å². The predicted octanol–water partition coefficient (Wildman–Crippen LogP) is 2.40. The van der Waals surface area contributed by atoms with E-state index in [-0.39, 0.29) is 5.92 Å². The van der Waals surface area contributed by atoms with Gasteiger partial charge in [-0.05, 0) is 38.4 Å². The predicted molar refractivity (Wildman–Crippen MR) is 77.5 cm³/mol. The normalized spacial score (nSPS) is 18.9. The number of nitrogens with zero attached hydrogens (tertiary/aromatic N) is 2. The third kappa shape index (κ3) is 4.66. The monoisotopic (exact) mass is 257 g/mol. The Kier molecular flexibility index (Phi) is 5.38. The summed E-state index contributed by atoms with van der Waals surface area (Å²) < 4.78 is 0. The Morgan fingerprint density at radius 1 is 1.32 bits per heavy atom. The van der Waals surface area contributed by atoms with Gasteiger partial charge in [-0.1, -0.05) is 30.3 Å². The highest BCUT2D eigenvalue weighted by molar-refractivity contribution is 5.14. The van der Waals surface area contributed by atoms with Crippen LogP contribution in [0.3, 0.4) is 0 Å². The van der Waals surface area contributed by atoms with Crippen LogP contribution in [0.2, 0.25) is 0 Å². The fourth-order valence-electron chi connectivity index (χ4n) is 2.53. The molecule has 0 bridgehead atoms. The fraction of sp³-hybridized carbons (Fsp3) is 0.562. The number of likely N-dealkylation sites (tertiary alicyclic amines) is 1. The number of nitriles is 1. The molecule has 0 spiro atoms. The van der Waals surface area contributed by atoms with Crippen LogP contribution in [0.1, 0.15) is 25.3 Å². The van der Waals surface area contributed by atoms with Crippen molar-refractivity contribution >= 4 is 0 Å². The van der Waals surface area contributed by atoms with E-state index in [0.29, 0.717) is 6.04 Å². The lowest BCUT2D eigenvalue weighted by molar-refractivity contribution is 0.189. The molecule has 1 N–H and O–H groups in total. The summed E-state index contributed by atoms with van der Waals surface area (Å²) in [7, 11) is 0. The van der Waals surface area contributed by atoms with E-state index in [1.54, 1.807) is 0 Å². The first kappa shape index (κ1) is 14.0. The van der Waals surface area contributed by atoms with Gasteiger partial charge in [0.1, 0.15) is 0 Å². The summed E-state index contributed by atoms with van der Waals surface area (Å²) in [6, 6.07) is 13.5. The Bertz CT molecular complexity index is 402. The lowest BCUT2D eigenvalue weighted by Gasteiger charge is -2.32. The standard InChI is InChI=1S/C16H23N3/c1-14(11-17)12-18-16-7-9-19(10-8-16)13-15-5-3-2-4-6-15/h2-6,14,16,18H,7-10,12-13H2,1H3/t14-/m1/s1. The number of piperidine rings is 1. The molecule has 0 unspecified atom stereocenters. The van der Waals surface area contributed by atoms with Gasteiger partial charge >= 0.3 is 0 Å². The highest BCUT2D eigenvalue weighted by Crippen LogP contribution is 2.14. The molecule has 2 rings (SSSR count). The molecular weight excluding hydrogens is 234 g/mol. The van der Waals surface area contributed by atoms with E-state index >= 15 is 0 Å². The molecule has 0 aliphatic carbocycles. The van der Waals surface area contributed by atoms with Crippen LogP contribution in [0.15, 0.2) is 30.3 Å². The van der Waals surface area contributed by atoms with Crippen LogP contribution in [-0.2, 0) is 6.54 Å². The van der Waals surface area contributed by atoms with Crippen LogP contribution in [0, 0.1) is 17.2 Å². The SMILES string of the molecule is C[C@H](C#N)CNC1CCN(Cc2ccccc2)CC1. The van der Waals surface area contributed by atoms with Crippen LogP contribution in [0.25, 0.3) is 0 Å². The quantitative estimate of drug-likeness (QED) is 0.880. The minimum atomic E-state index is 0.113. The molecule has 1 heterocycles. The van der Waals surface area contributed by atoms with E-state index in [4.69, 9.17) is 5.26 Å². The van der Waals surface area contributed by atoms with E-state index in [2.05, 4.69) is 46.6 Å². The second-order valence-corrected chi connectivity index (χ2v) is 5.47. The summed E-state index contributed by atoms with van der Waals surface area (Å²) in [4.78, 5) is 2.52. The molecule has 1 atom stereocenters. The van der Waals surface area contributed by atoms with Crippen molar-refractivity contribution in [2.24, 2.45) is 5.92 Å². The van der Waals surface area contributed by atoms with Crippen molar-refractivity contribution in [1.29, 1.82) is 5.26 Å². The highest BCUT2D eigenvalue weighted by atomic mass is 15.1. The summed E-state index contributed by atoms with van der Waals surface area (Å²) in [6.45, 7) is 6.14. The van der Waals surface area contributed by atoms with E-state index < -0.39 is 0 Å². The van der Waals surface area contributed by atoms with Gasteiger partial charge in [-0.2, -0.15) is 5.26 Å². The molecule has 1 aliphatic heterocycles.